The lowest BCUT2D eigenvalue weighted by Gasteiger charge is -2.46. The van der Waals surface area contributed by atoms with E-state index < -0.39 is 86.8 Å². The summed E-state index contributed by atoms with van der Waals surface area (Å²) in [4.78, 5) is 13.3. The Morgan fingerprint density at radius 2 is 0.719 bits per heavy atom. The van der Waals surface area contributed by atoms with Gasteiger partial charge in [0, 0.05) is 6.42 Å². The topological polar surface area (TPSA) is 228 Å². The van der Waals surface area contributed by atoms with Crippen molar-refractivity contribution in [2.75, 3.05) is 19.8 Å². The number of aliphatic hydroxyl groups excluding tert-OH is 8. The number of carbonyl (C=O) groups is 1. The molecule has 2 saturated heterocycles. The first kappa shape index (κ1) is 83.6. The van der Waals surface area contributed by atoms with Gasteiger partial charge in [-0.2, -0.15) is 0 Å². The van der Waals surface area contributed by atoms with E-state index in [1.54, 1.807) is 6.08 Å². The SMILES string of the molecule is CCCCCCCCCCCCC/C=C/CC/C=C/C(O)C(COC1OC(CO)C(OC2OC(CO)C(O)C(O)C2O)C(O)C1O)NC(=O)CCCCCCCCCCCCCCCCCCCCCCCCCCCCCCCCCCCCCCCC. The molecule has 9 N–H and O–H groups in total. The molecule has 0 radical (unpaired) electrons. The molecule has 0 saturated carbocycles. The number of rotatable bonds is 64. The largest absolute Gasteiger partial charge is 0.394 e. The molecule has 0 aliphatic carbocycles. The van der Waals surface area contributed by atoms with Crippen LogP contribution in [0.3, 0.4) is 0 Å². The lowest BCUT2D eigenvalue weighted by Crippen LogP contribution is -2.65. The van der Waals surface area contributed by atoms with Crippen molar-refractivity contribution in [1.29, 1.82) is 0 Å². The highest BCUT2D eigenvalue weighted by Crippen LogP contribution is 2.30. The highest BCUT2D eigenvalue weighted by Gasteiger charge is 2.51. The monoisotopic (exact) mass is 1270 g/mol. The molecule has 12 atom stereocenters. The van der Waals surface area contributed by atoms with Crippen LogP contribution in [0.2, 0.25) is 0 Å². The molecule has 14 heteroatoms. The van der Waals surface area contributed by atoms with Crippen molar-refractivity contribution < 1.29 is 64.6 Å². The zero-order valence-corrected chi connectivity index (χ0v) is 57.5. The molecule has 0 bridgehead atoms. The molecule has 526 valence electrons. The Bertz CT molecular complexity index is 1590. The third kappa shape index (κ3) is 44.0. The number of aliphatic hydroxyl groups is 8. The highest BCUT2D eigenvalue weighted by molar-refractivity contribution is 5.76. The van der Waals surface area contributed by atoms with Crippen molar-refractivity contribution in [2.45, 2.75) is 428 Å². The summed E-state index contributed by atoms with van der Waals surface area (Å²) in [5, 5.41) is 87.4. The smallest absolute Gasteiger partial charge is 0.220 e. The Hall–Kier alpha value is -1.53. The second-order valence-electron chi connectivity index (χ2n) is 27.1. The number of hydrogen-bond donors (Lipinski definition) is 9. The van der Waals surface area contributed by atoms with Crippen LogP contribution in [0.5, 0.6) is 0 Å². The molecule has 0 aromatic rings. The average Bonchev–Trinajstić information content (AvgIpc) is 1.30. The van der Waals surface area contributed by atoms with Gasteiger partial charge in [-0.05, 0) is 32.1 Å². The predicted molar refractivity (Wildman–Crippen MR) is 365 cm³/mol. The molecule has 2 aliphatic rings. The van der Waals surface area contributed by atoms with Crippen LogP contribution < -0.4 is 5.32 Å². The van der Waals surface area contributed by atoms with E-state index >= 15 is 0 Å². The lowest BCUT2D eigenvalue weighted by atomic mass is 9.97. The Morgan fingerprint density at radius 3 is 1.10 bits per heavy atom. The number of unbranched alkanes of at least 4 members (excludes halogenated alkanes) is 49. The van der Waals surface area contributed by atoms with E-state index in [1.165, 1.54) is 289 Å². The van der Waals surface area contributed by atoms with E-state index in [4.69, 9.17) is 18.9 Å². The first-order valence-electron chi connectivity index (χ1n) is 38.1. The van der Waals surface area contributed by atoms with Crippen molar-refractivity contribution in [1.82, 2.24) is 5.32 Å². The zero-order chi connectivity index (χ0) is 64.5. The minimum absolute atomic E-state index is 0.241. The molecule has 1 amide bonds. The van der Waals surface area contributed by atoms with E-state index in [-0.39, 0.29) is 18.9 Å². The molecule has 14 nitrogen and oxygen atoms in total. The number of carbonyl (C=O) groups excluding carboxylic acids is 1. The Morgan fingerprint density at radius 1 is 0.393 bits per heavy atom. The van der Waals surface area contributed by atoms with Crippen LogP contribution in [0.15, 0.2) is 24.3 Å². The summed E-state index contributed by atoms with van der Waals surface area (Å²) >= 11 is 0. The van der Waals surface area contributed by atoms with Crippen LogP contribution in [0.1, 0.15) is 354 Å². The van der Waals surface area contributed by atoms with Crippen molar-refractivity contribution in [3.63, 3.8) is 0 Å². The van der Waals surface area contributed by atoms with Gasteiger partial charge in [-0.1, -0.05) is 340 Å². The fraction of sp³-hybridized carbons (Fsp3) is 0.933. The van der Waals surface area contributed by atoms with Gasteiger partial charge in [0.1, 0.15) is 48.8 Å². The summed E-state index contributed by atoms with van der Waals surface area (Å²) < 4.78 is 22.8. The van der Waals surface area contributed by atoms with E-state index in [1.807, 2.05) is 6.08 Å². The summed E-state index contributed by atoms with van der Waals surface area (Å²) in [7, 11) is 0. The molecule has 2 aliphatic heterocycles. The zero-order valence-electron chi connectivity index (χ0n) is 57.5. The normalized spacial score (nSPS) is 23.1. The summed E-state index contributed by atoms with van der Waals surface area (Å²) in [5.74, 6) is -0.241. The van der Waals surface area contributed by atoms with Gasteiger partial charge >= 0.3 is 0 Å². The number of nitrogens with one attached hydrogen (secondary N) is 1. The van der Waals surface area contributed by atoms with E-state index in [0.717, 1.165) is 32.1 Å². The Kier molecular flexibility index (Phi) is 56.5. The maximum Gasteiger partial charge on any atom is 0.220 e. The highest BCUT2D eigenvalue weighted by atomic mass is 16.7. The van der Waals surface area contributed by atoms with E-state index in [0.29, 0.717) is 12.8 Å². The maximum atomic E-state index is 13.3. The molecule has 2 heterocycles. The average molecular weight is 1270 g/mol. The molecule has 0 aromatic heterocycles. The third-order valence-corrected chi connectivity index (χ3v) is 18.9. The van der Waals surface area contributed by atoms with Gasteiger partial charge in [-0.15, -0.1) is 0 Å². The van der Waals surface area contributed by atoms with E-state index in [2.05, 4.69) is 31.3 Å². The van der Waals surface area contributed by atoms with Gasteiger partial charge in [0.05, 0.1) is 32.0 Å². The van der Waals surface area contributed by atoms with Gasteiger partial charge in [0.15, 0.2) is 12.6 Å². The van der Waals surface area contributed by atoms with Gasteiger partial charge in [-0.3, -0.25) is 4.79 Å². The van der Waals surface area contributed by atoms with Crippen LogP contribution in [0.25, 0.3) is 0 Å². The molecule has 0 spiro atoms. The number of amides is 1. The van der Waals surface area contributed by atoms with Crippen LogP contribution in [0.4, 0.5) is 0 Å². The van der Waals surface area contributed by atoms with Gasteiger partial charge < -0.3 is 65.1 Å². The minimum atomic E-state index is -1.79. The fourth-order valence-electron chi connectivity index (χ4n) is 12.8. The number of ether oxygens (including phenoxy) is 4. The minimum Gasteiger partial charge on any atom is -0.394 e. The molecular weight excluding hydrogens is 1120 g/mol. The second kappa shape index (κ2) is 60.2. The molecule has 2 fully saturated rings. The van der Waals surface area contributed by atoms with Gasteiger partial charge in [0.2, 0.25) is 5.91 Å². The van der Waals surface area contributed by atoms with Crippen molar-refractivity contribution in [3.8, 4) is 0 Å². The van der Waals surface area contributed by atoms with Crippen LogP contribution in [-0.4, -0.2) is 140 Å². The summed E-state index contributed by atoms with van der Waals surface area (Å²) in [5.41, 5.74) is 0. The molecule has 2 rings (SSSR count). The Balaban J connectivity index is 1.57. The van der Waals surface area contributed by atoms with Crippen molar-refractivity contribution in [3.05, 3.63) is 24.3 Å². The summed E-state index contributed by atoms with van der Waals surface area (Å²) in [6, 6.07) is -0.929. The van der Waals surface area contributed by atoms with Gasteiger partial charge in [-0.25, -0.2) is 0 Å². The summed E-state index contributed by atoms with van der Waals surface area (Å²) in [6.07, 6.45) is 60.0. The predicted octanol–water partition coefficient (Wildman–Crippen LogP) is 16.3. The second-order valence-corrected chi connectivity index (χ2v) is 27.1. The van der Waals surface area contributed by atoms with E-state index in [9.17, 15) is 45.6 Å². The Labute approximate surface area is 545 Å². The van der Waals surface area contributed by atoms with Crippen LogP contribution in [-0.2, 0) is 23.7 Å². The molecule has 0 aromatic carbocycles. The van der Waals surface area contributed by atoms with Crippen LogP contribution in [0, 0.1) is 0 Å². The number of allylic oxidation sites excluding steroid dienone is 3. The number of hydrogen-bond acceptors (Lipinski definition) is 13. The molecular formula is C75H143NO13. The quantitative estimate of drug-likeness (QED) is 0.0204. The first-order chi connectivity index (χ1) is 43.6. The third-order valence-electron chi connectivity index (χ3n) is 18.9. The molecule has 89 heavy (non-hydrogen) atoms. The fourth-order valence-corrected chi connectivity index (χ4v) is 12.8. The van der Waals surface area contributed by atoms with Crippen molar-refractivity contribution in [2.24, 2.45) is 0 Å². The lowest BCUT2D eigenvalue weighted by molar-refractivity contribution is -0.359. The first-order valence-corrected chi connectivity index (χ1v) is 38.1. The summed E-state index contributed by atoms with van der Waals surface area (Å²) in [6.45, 7) is 2.83. The standard InChI is InChI=1S/C75H143NO13/c1-3-5-7-9-11-13-15-17-19-21-22-23-24-25-26-27-28-29-30-31-32-33-34-35-36-37-38-39-40-41-43-45-47-49-51-53-55-57-59-67(80)76-63(64(79)58-56-54-52-50-48-46-44-42-20-18-16-14-12-10-8-6-4-2)62-86-74-72(85)70(83)73(66(61-78)88-74)89-75-71(84)69(82)68(81)65(60-77)87-75/h48,50,56,58,63-66,68-75,77-79,81-85H,3-47,49,51-55,57,59-62H2,1-2H3,(H,76,80)/b50-48+,58-56+. The maximum absolute atomic E-state index is 13.3. The van der Waals surface area contributed by atoms with Crippen molar-refractivity contribution >= 4 is 5.91 Å². The molecule has 12 unspecified atom stereocenters. The van der Waals surface area contributed by atoms with Crippen LogP contribution >= 0.6 is 0 Å². The van der Waals surface area contributed by atoms with Gasteiger partial charge in [0.25, 0.3) is 0 Å².